The Hall–Kier alpha value is -1.85. The quantitative estimate of drug-likeness (QED) is 0.591. The molecule has 0 bridgehead atoms. The zero-order valence-corrected chi connectivity index (χ0v) is 6.92. The summed E-state index contributed by atoms with van der Waals surface area (Å²) in [6, 6.07) is 0. The molecule has 6 nitrogen and oxygen atoms in total. The molecular weight excluding hydrogens is 176 g/mol. The molecule has 0 spiro atoms. The fourth-order valence-corrected chi connectivity index (χ4v) is 0.770. The van der Waals surface area contributed by atoms with E-state index < -0.39 is 17.2 Å². The molecule has 0 amide bonds. The van der Waals surface area contributed by atoms with Crippen molar-refractivity contribution in [3.05, 3.63) is 32.6 Å². The number of ether oxygens (including phenoxy) is 1. The Labute approximate surface area is 72.6 Å². The fourth-order valence-electron chi connectivity index (χ4n) is 0.770. The molecule has 2 N–H and O–H groups in total. The summed E-state index contributed by atoms with van der Waals surface area (Å²) in [6.45, 7) is 1.80. The Morgan fingerprint density at radius 1 is 1.54 bits per heavy atom. The second kappa shape index (κ2) is 3.70. The Bertz CT molecular complexity index is 417. The number of esters is 1. The minimum atomic E-state index is -0.750. The molecule has 0 aliphatic carbocycles. The standard InChI is InChI=1S/C7H8N2O4/c1-2-13-6(11)4-3-8-7(12)9-5(4)10/h3H,2H2,1H3,(H2,8,9,10,12). The van der Waals surface area contributed by atoms with Crippen molar-refractivity contribution < 1.29 is 9.53 Å². The molecule has 0 aliphatic heterocycles. The van der Waals surface area contributed by atoms with Crippen LogP contribution in [0.15, 0.2) is 15.8 Å². The summed E-state index contributed by atoms with van der Waals surface area (Å²) >= 11 is 0. The van der Waals surface area contributed by atoms with Crippen molar-refractivity contribution in [1.29, 1.82) is 0 Å². The van der Waals surface area contributed by atoms with E-state index in [0.717, 1.165) is 6.20 Å². The first kappa shape index (κ1) is 9.24. The highest BCUT2D eigenvalue weighted by molar-refractivity contribution is 5.88. The van der Waals surface area contributed by atoms with Gasteiger partial charge in [0.2, 0.25) is 0 Å². The van der Waals surface area contributed by atoms with Crippen molar-refractivity contribution in [2.75, 3.05) is 6.61 Å². The highest BCUT2D eigenvalue weighted by Crippen LogP contribution is 1.89. The van der Waals surface area contributed by atoms with Gasteiger partial charge < -0.3 is 9.72 Å². The maximum Gasteiger partial charge on any atom is 0.345 e. The van der Waals surface area contributed by atoms with Crippen molar-refractivity contribution in [3.63, 3.8) is 0 Å². The maximum atomic E-state index is 11.0. The Morgan fingerprint density at radius 2 is 2.23 bits per heavy atom. The van der Waals surface area contributed by atoms with E-state index in [4.69, 9.17) is 0 Å². The van der Waals surface area contributed by atoms with Gasteiger partial charge in [0.25, 0.3) is 5.56 Å². The number of hydrogen-bond donors (Lipinski definition) is 2. The van der Waals surface area contributed by atoms with Crippen LogP contribution in [0.2, 0.25) is 0 Å². The van der Waals surface area contributed by atoms with Gasteiger partial charge in [0.1, 0.15) is 5.56 Å². The smallest absolute Gasteiger partial charge is 0.345 e. The van der Waals surface area contributed by atoms with Crippen molar-refractivity contribution in [1.82, 2.24) is 9.97 Å². The van der Waals surface area contributed by atoms with E-state index in [1.807, 2.05) is 4.98 Å². The normalized spacial score (nSPS) is 9.62. The lowest BCUT2D eigenvalue weighted by Gasteiger charge is -1.98. The van der Waals surface area contributed by atoms with Crippen LogP contribution in [0.3, 0.4) is 0 Å². The van der Waals surface area contributed by atoms with Gasteiger partial charge in [0, 0.05) is 6.20 Å². The van der Waals surface area contributed by atoms with E-state index in [1.54, 1.807) is 6.92 Å². The topological polar surface area (TPSA) is 92.0 Å². The van der Waals surface area contributed by atoms with Crippen LogP contribution in [0.4, 0.5) is 0 Å². The van der Waals surface area contributed by atoms with E-state index >= 15 is 0 Å². The number of carbonyl (C=O) groups excluding carboxylic acids is 1. The van der Waals surface area contributed by atoms with Crippen LogP contribution < -0.4 is 11.2 Å². The number of hydrogen-bond acceptors (Lipinski definition) is 4. The van der Waals surface area contributed by atoms with E-state index in [2.05, 4.69) is 9.72 Å². The summed E-state index contributed by atoms with van der Waals surface area (Å²) in [5.74, 6) is -0.750. The van der Waals surface area contributed by atoms with Gasteiger partial charge in [-0.25, -0.2) is 9.59 Å². The summed E-state index contributed by atoms with van der Waals surface area (Å²) in [5, 5.41) is 0. The summed E-state index contributed by atoms with van der Waals surface area (Å²) in [6.07, 6.45) is 1.03. The summed E-state index contributed by atoms with van der Waals surface area (Å²) < 4.78 is 4.57. The molecular formula is C7H8N2O4. The van der Waals surface area contributed by atoms with Crippen LogP contribution >= 0.6 is 0 Å². The van der Waals surface area contributed by atoms with Gasteiger partial charge in [-0.3, -0.25) is 9.78 Å². The second-order valence-electron chi connectivity index (χ2n) is 2.21. The average molecular weight is 184 g/mol. The van der Waals surface area contributed by atoms with Gasteiger partial charge in [0.15, 0.2) is 0 Å². The van der Waals surface area contributed by atoms with E-state index in [0.29, 0.717) is 0 Å². The molecule has 1 rings (SSSR count). The Kier molecular flexibility index (Phi) is 2.63. The molecule has 0 saturated heterocycles. The minimum absolute atomic E-state index is 0.178. The highest BCUT2D eigenvalue weighted by atomic mass is 16.5. The molecule has 0 aromatic carbocycles. The molecule has 0 radical (unpaired) electrons. The van der Waals surface area contributed by atoms with Crippen molar-refractivity contribution in [2.24, 2.45) is 0 Å². The number of carbonyl (C=O) groups is 1. The summed E-state index contributed by atoms with van der Waals surface area (Å²) in [5.41, 5.74) is -1.61. The van der Waals surface area contributed by atoms with Crippen LogP contribution in [0.1, 0.15) is 17.3 Å². The molecule has 0 fully saturated rings. The monoisotopic (exact) mass is 184 g/mol. The first-order valence-electron chi connectivity index (χ1n) is 3.64. The van der Waals surface area contributed by atoms with Crippen LogP contribution in [0.25, 0.3) is 0 Å². The molecule has 70 valence electrons. The highest BCUT2D eigenvalue weighted by Gasteiger charge is 2.10. The summed E-state index contributed by atoms with van der Waals surface area (Å²) in [7, 11) is 0. The predicted octanol–water partition coefficient (Wildman–Crippen LogP) is -0.760. The third-order valence-corrected chi connectivity index (χ3v) is 1.31. The van der Waals surface area contributed by atoms with Gasteiger partial charge >= 0.3 is 11.7 Å². The van der Waals surface area contributed by atoms with Crippen molar-refractivity contribution in [3.8, 4) is 0 Å². The average Bonchev–Trinajstić information content (AvgIpc) is 2.04. The molecule has 0 unspecified atom stereocenters. The lowest BCUT2D eigenvalue weighted by atomic mass is 10.3. The van der Waals surface area contributed by atoms with Gasteiger partial charge in [-0.2, -0.15) is 0 Å². The van der Waals surface area contributed by atoms with Crippen LogP contribution in [0, 0.1) is 0 Å². The molecule has 1 heterocycles. The Morgan fingerprint density at radius 3 is 2.77 bits per heavy atom. The minimum Gasteiger partial charge on any atom is -0.462 e. The Balaban J connectivity index is 3.09. The maximum absolute atomic E-state index is 11.0. The van der Waals surface area contributed by atoms with Crippen molar-refractivity contribution >= 4 is 5.97 Å². The number of rotatable bonds is 2. The van der Waals surface area contributed by atoms with Gasteiger partial charge in [-0.05, 0) is 6.92 Å². The zero-order chi connectivity index (χ0) is 9.84. The third-order valence-electron chi connectivity index (χ3n) is 1.31. The lowest BCUT2D eigenvalue weighted by molar-refractivity contribution is 0.0523. The molecule has 13 heavy (non-hydrogen) atoms. The predicted molar refractivity (Wildman–Crippen MR) is 43.6 cm³/mol. The first-order valence-corrected chi connectivity index (χ1v) is 3.64. The molecule has 0 atom stereocenters. The van der Waals surface area contributed by atoms with Crippen LogP contribution in [0.5, 0.6) is 0 Å². The molecule has 1 aromatic rings. The largest absolute Gasteiger partial charge is 0.462 e. The lowest BCUT2D eigenvalue weighted by Crippen LogP contribution is -2.27. The number of nitrogens with one attached hydrogen (secondary N) is 2. The van der Waals surface area contributed by atoms with Crippen molar-refractivity contribution in [2.45, 2.75) is 6.92 Å². The molecule has 0 saturated carbocycles. The SMILES string of the molecule is CCOC(=O)c1c[nH]c(=O)[nH]c1=O. The molecule has 6 heteroatoms. The van der Waals surface area contributed by atoms with E-state index in [1.165, 1.54) is 0 Å². The number of aromatic nitrogens is 2. The molecule has 0 aliphatic rings. The number of aromatic amines is 2. The zero-order valence-electron chi connectivity index (χ0n) is 6.92. The van der Waals surface area contributed by atoms with Crippen LogP contribution in [-0.2, 0) is 4.74 Å². The van der Waals surface area contributed by atoms with Gasteiger partial charge in [-0.15, -0.1) is 0 Å². The first-order chi connectivity index (χ1) is 6.15. The third kappa shape index (κ3) is 2.05. The number of H-pyrrole nitrogens is 2. The van der Waals surface area contributed by atoms with Gasteiger partial charge in [-0.1, -0.05) is 0 Å². The molecule has 1 aromatic heterocycles. The van der Waals surface area contributed by atoms with Gasteiger partial charge in [0.05, 0.1) is 6.61 Å². The van der Waals surface area contributed by atoms with Crippen LogP contribution in [-0.4, -0.2) is 22.5 Å². The summed E-state index contributed by atoms with van der Waals surface area (Å²) in [4.78, 5) is 36.6. The van der Waals surface area contributed by atoms with E-state index in [9.17, 15) is 14.4 Å². The second-order valence-corrected chi connectivity index (χ2v) is 2.21. The fraction of sp³-hybridized carbons (Fsp3) is 0.286. The van der Waals surface area contributed by atoms with E-state index in [-0.39, 0.29) is 12.2 Å².